The van der Waals surface area contributed by atoms with Gasteiger partial charge >= 0.3 is 5.97 Å². The Morgan fingerprint density at radius 2 is 2.16 bits per heavy atom. The fourth-order valence-electron chi connectivity index (χ4n) is 2.88. The number of para-hydroxylation sites is 1. The van der Waals surface area contributed by atoms with Crippen LogP contribution in [0.15, 0.2) is 24.3 Å². The van der Waals surface area contributed by atoms with Gasteiger partial charge in [-0.05, 0) is 36.3 Å². The number of benzene rings is 1. The van der Waals surface area contributed by atoms with E-state index >= 15 is 0 Å². The monoisotopic (exact) mass is 261 g/mol. The van der Waals surface area contributed by atoms with Crippen LogP contribution in [0.3, 0.4) is 0 Å². The highest BCUT2D eigenvalue weighted by atomic mass is 16.4. The Balaban J connectivity index is 2.02. The van der Waals surface area contributed by atoms with Gasteiger partial charge < -0.3 is 10.0 Å². The topological polar surface area (TPSA) is 40.5 Å². The molecule has 0 spiro atoms. The second-order valence-electron chi connectivity index (χ2n) is 5.75. The Labute approximate surface area is 115 Å². The molecule has 0 saturated carbocycles. The molecule has 1 N–H and O–H groups in total. The molecule has 3 heteroatoms. The first kappa shape index (κ1) is 13.9. The van der Waals surface area contributed by atoms with E-state index in [0.717, 1.165) is 25.9 Å². The fourth-order valence-corrected chi connectivity index (χ4v) is 2.88. The largest absolute Gasteiger partial charge is 0.481 e. The van der Waals surface area contributed by atoms with Crippen LogP contribution in [0.4, 0.5) is 5.69 Å². The molecule has 1 unspecified atom stereocenters. The molecule has 104 valence electrons. The van der Waals surface area contributed by atoms with Gasteiger partial charge in [-0.3, -0.25) is 4.79 Å². The second-order valence-corrected chi connectivity index (χ2v) is 5.75. The smallest absolute Gasteiger partial charge is 0.303 e. The molecule has 0 radical (unpaired) electrons. The summed E-state index contributed by atoms with van der Waals surface area (Å²) in [7, 11) is 0. The quantitative estimate of drug-likeness (QED) is 0.882. The molecule has 2 rings (SSSR count). The van der Waals surface area contributed by atoms with Crippen molar-refractivity contribution in [1.29, 1.82) is 0 Å². The minimum Gasteiger partial charge on any atom is -0.481 e. The summed E-state index contributed by atoms with van der Waals surface area (Å²) in [5.41, 5.74) is 2.72. The van der Waals surface area contributed by atoms with Gasteiger partial charge in [-0.15, -0.1) is 0 Å². The van der Waals surface area contributed by atoms with E-state index in [2.05, 4.69) is 43.0 Å². The summed E-state index contributed by atoms with van der Waals surface area (Å²) >= 11 is 0. The third-order valence-corrected chi connectivity index (χ3v) is 3.95. The molecule has 1 aromatic carbocycles. The average molecular weight is 261 g/mol. The molecule has 1 heterocycles. The normalized spacial score (nSPS) is 19.1. The molecular weight excluding hydrogens is 238 g/mol. The van der Waals surface area contributed by atoms with Crippen molar-refractivity contribution < 1.29 is 9.90 Å². The number of hydrogen-bond acceptors (Lipinski definition) is 2. The number of carbonyl (C=O) groups is 1. The van der Waals surface area contributed by atoms with Gasteiger partial charge in [-0.2, -0.15) is 0 Å². The lowest BCUT2D eigenvalue weighted by molar-refractivity contribution is -0.137. The van der Waals surface area contributed by atoms with E-state index in [4.69, 9.17) is 5.11 Å². The van der Waals surface area contributed by atoms with Crippen molar-refractivity contribution in [2.75, 3.05) is 18.0 Å². The van der Waals surface area contributed by atoms with Crippen LogP contribution in [0.25, 0.3) is 0 Å². The van der Waals surface area contributed by atoms with Crippen molar-refractivity contribution in [2.24, 2.45) is 5.92 Å². The molecule has 1 atom stereocenters. The zero-order valence-corrected chi connectivity index (χ0v) is 11.8. The van der Waals surface area contributed by atoms with Crippen LogP contribution in [-0.2, 0) is 4.79 Å². The van der Waals surface area contributed by atoms with Gasteiger partial charge in [0.15, 0.2) is 0 Å². The first-order valence-corrected chi connectivity index (χ1v) is 7.13. The Hall–Kier alpha value is -1.51. The molecular formula is C16H23NO2. The van der Waals surface area contributed by atoms with E-state index in [1.165, 1.54) is 11.3 Å². The van der Waals surface area contributed by atoms with Crippen molar-refractivity contribution >= 4 is 11.7 Å². The summed E-state index contributed by atoms with van der Waals surface area (Å²) in [6, 6.07) is 8.57. The maximum atomic E-state index is 10.6. The van der Waals surface area contributed by atoms with Crippen LogP contribution in [0, 0.1) is 5.92 Å². The van der Waals surface area contributed by atoms with E-state index < -0.39 is 5.97 Å². The molecule has 0 bridgehead atoms. The number of hydrogen-bond donors (Lipinski definition) is 1. The van der Waals surface area contributed by atoms with E-state index in [0.29, 0.717) is 18.3 Å². The lowest BCUT2D eigenvalue weighted by Crippen LogP contribution is -2.21. The predicted octanol–water partition coefficient (Wildman–Crippen LogP) is 3.50. The minimum atomic E-state index is -0.680. The van der Waals surface area contributed by atoms with Crippen molar-refractivity contribution in [3.8, 4) is 0 Å². The molecule has 1 aliphatic rings. The number of carboxylic acid groups (broad SMARTS) is 1. The zero-order valence-electron chi connectivity index (χ0n) is 11.8. The first-order chi connectivity index (χ1) is 9.08. The van der Waals surface area contributed by atoms with Crippen molar-refractivity contribution in [1.82, 2.24) is 0 Å². The maximum absolute atomic E-state index is 10.6. The molecule has 1 aliphatic heterocycles. The summed E-state index contributed by atoms with van der Waals surface area (Å²) < 4.78 is 0. The minimum absolute atomic E-state index is 0.296. The summed E-state index contributed by atoms with van der Waals surface area (Å²) in [4.78, 5) is 13.1. The summed E-state index contributed by atoms with van der Waals surface area (Å²) in [6.07, 6.45) is 2.21. The van der Waals surface area contributed by atoms with Gasteiger partial charge in [-0.25, -0.2) is 0 Å². The summed E-state index contributed by atoms with van der Waals surface area (Å²) in [5, 5.41) is 8.76. The molecule has 19 heavy (non-hydrogen) atoms. The third-order valence-electron chi connectivity index (χ3n) is 3.95. The van der Waals surface area contributed by atoms with Gasteiger partial charge in [-0.1, -0.05) is 32.0 Å². The second kappa shape index (κ2) is 6.09. The molecule has 3 nitrogen and oxygen atoms in total. The lowest BCUT2D eigenvalue weighted by Gasteiger charge is -2.23. The molecule has 1 fully saturated rings. The number of aliphatic carboxylic acids is 1. The number of anilines is 1. The molecule has 0 aliphatic carbocycles. The fraction of sp³-hybridized carbons (Fsp3) is 0.562. The molecule has 1 saturated heterocycles. The molecule has 1 aromatic rings. The van der Waals surface area contributed by atoms with Crippen LogP contribution in [0.2, 0.25) is 0 Å². The number of carboxylic acids is 1. The van der Waals surface area contributed by atoms with Crippen molar-refractivity contribution in [2.45, 2.75) is 39.0 Å². The molecule has 0 aromatic heterocycles. The summed E-state index contributed by atoms with van der Waals surface area (Å²) in [5.74, 6) is 0.367. The Morgan fingerprint density at radius 1 is 1.42 bits per heavy atom. The van der Waals surface area contributed by atoms with E-state index in [9.17, 15) is 4.79 Å². The van der Waals surface area contributed by atoms with Crippen LogP contribution in [-0.4, -0.2) is 24.2 Å². The first-order valence-electron chi connectivity index (χ1n) is 7.13. The standard InChI is InChI=1S/C16H23NO2/c1-12(2)14-5-3-4-6-15(14)17-10-9-13(11-17)7-8-16(18)19/h3-6,12-13H,7-11H2,1-2H3,(H,18,19). The van der Waals surface area contributed by atoms with Gasteiger partial charge in [0, 0.05) is 25.2 Å². The van der Waals surface area contributed by atoms with Gasteiger partial charge in [0.1, 0.15) is 0 Å². The Kier molecular flexibility index (Phi) is 4.46. The van der Waals surface area contributed by atoms with Crippen LogP contribution in [0.1, 0.15) is 44.6 Å². The van der Waals surface area contributed by atoms with Crippen LogP contribution < -0.4 is 4.90 Å². The van der Waals surface area contributed by atoms with Crippen molar-refractivity contribution in [3.05, 3.63) is 29.8 Å². The Bertz CT molecular complexity index is 442. The Morgan fingerprint density at radius 3 is 2.84 bits per heavy atom. The number of rotatable bonds is 5. The van der Waals surface area contributed by atoms with E-state index in [1.807, 2.05) is 0 Å². The highest BCUT2D eigenvalue weighted by molar-refractivity contribution is 5.66. The predicted molar refractivity (Wildman–Crippen MR) is 77.7 cm³/mol. The lowest BCUT2D eigenvalue weighted by atomic mass is 10.0. The van der Waals surface area contributed by atoms with Crippen LogP contribution in [0.5, 0.6) is 0 Å². The van der Waals surface area contributed by atoms with Gasteiger partial charge in [0.05, 0.1) is 0 Å². The zero-order chi connectivity index (χ0) is 13.8. The van der Waals surface area contributed by atoms with Gasteiger partial charge in [0.2, 0.25) is 0 Å². The highest BCUT2D eigenvalue weighted by Gasteiger charge is 2.24. The SMILES string of the molecule is CC(C)c1ccccc1N1CCC(CCC(=O)O)C1. The van der Waals surface area contributed by atoms with Crippen LogP contribution >= 0.6 is 0 Å². The summed E-state index contributed by atoms with van der Waals surface area (Å²) in [6.45, 7) is 6.48. The third kappa shape index (κ3) is 3.49. The van der Waals surface area contributed by atoms with E-state index in [1.54, 1.807) is 0 Å². The maximum Gasteiger partial charge on any atom is 0.303 e. The van der Waals surface area contributed by atoms with Crippen molar-refractivity contribution in [3.63, 3.8) is 0 Å². The molecule has 0 amide bonds. The highest BCUT2D eigenvalue weighted by Crippen LogP contribution is 2.32. The van der Waals surface area contributed by atoms with Gasteiger partial charge in [0.25, 0.3) is 0 Å². The van der Waals surface area contributed by atoms with E-state index in [-0.39, 0.29) is 0 Å². The average Bonchev–Trinajstić information content (AvgIpc) is 2.85. The number of nitrogens with zero attached hydrogens (tertiary/aromatic N) is 1.